The number of ketones is 1. The molecule has 2 aliphatic heterocycles. The summed E-state index contributed by atoms with van der Waals surface area (Å²) in [6, 6.07) is 16.5. The van der Waals surface area contributed by atoms with Gasteiger partial charge in [0.15, 0.2) is 5.71 Å². The lowest BCUT2D eigenvalue weighted by Crippen LogP contribution is -2.28. The molecule has 0 amide bonds. The maximum Gasteiger partial charge on any atom is 0.209 e. The molecule has 0 atom stereocenters. The number of Topliss-reactive ketones (excluding diaryl/α,β-unsaturated/α-hetero) is 1. The molecule has 55 heavy (non-hydrogen) atoms. The highest BCUT2D eigenvalue weighted by Crippen LogP contribution is 2.48. The summed E-state index contributed by atoms with van der Waals surface area (Å²) in [7, 11) is -8.56. The van der Waals surface area contributed by atoms with Crippen LogP contribution in [0.25, 0.3) is 0 Å². The molecule has 298 valence electrons. The van der Waals surface area contributed by atoms with E-state index >= 15 is 0 Å². The van der Waals surface area contributed by atoms with Crippen LogP contribution in [0.1, 0.15) is 104 Å². The Kier molecular flexibility index (Phi) is 13.5. The van der Waals surface area contributed by atoms with E-state index < -0.39 is 20.2 Å². The second-order valence-electron chi connectivity index (χ2n) is 15.8. The van der Waals surface area contributed by atoms with Crippen LogP contribution < -0.4 is 4.90 Å². The Hall–Kier alpha value is -3.84. The van der Waals surface area contributed by atoms with Gasteiger partial charge in [-0.2, -0.15) is 4.58 Å². The van der Waals surface area contributed by atoms with Crippen LogP contribution in [0.2, 0.25) is 0 Å². The van der Waals surface area contributed by atoms with E-state index in [2.05, 4.69) is 85.7 Å². The second-order valence-corrected chi connectivity index (χ2v) is 18.9. The van der Waals surface area contributed by atoms with Crippen molar-refractivity contribution in [2.75, 3.05) is 36.1 Å². The third kappa shape index (κ3) is 10.5. The normalized spacial score (nSPS) is 19.5. The van der Waals surface area contributed by atoms with Crippen molar-refractivity contribution in [1.82, 2.24) is 0 Å². The number of anilines is 1. The zero-order valence-electron chi connectivity index (χ0n) is 32.8. The molecule has 12 heteroatoms. The molecule has 0 spiro atoms. The standard InChI is InChI=1S/C43H56N2O8S2/c1-32(46)16-15-29-53-41-33(23-25-39-42(2,3)35-19-6-8-21-37(35)44(39)27-10-12-30-54(47,48)49)17-14-18-34(41)24-26-40-43(4,5)36-20-7-9-22-38(36)45(40)28-11-13-31-55(50,51)52/h6-9,19-26H,10-18,27-31H2,1-5H3,(H-,47,48,49,50,51,52)/p-1. The number of rotatable bonds is 18. The fourth-order valence-electron chi connectivity index (χ4n) is 8.12. The summed E-state index contributed by atoms with van der Waals surface area (Å²) in [6.45, 7) is 11.9. The van der Waals surface area contributed by atoms with Gasteiger partial charge < -0.3 is 23.5 Å². The highest BCUT2D eigenvalue weighted by molar-refractivity contribution is 7.85. The van der Waals surface area contributed by atoms with Crippen molar-refractivity contribution < 1.29 is 40.0 Å². The maximum absolute atomic E-state index is 11.8. The molecule has 0 aromatic heterocycles. The Morgan fingerprint density at radius 3 is 2.16 bits per heavy atom. The van der Waals surface area contributed by atoms with Crippen molar-refractivity contribution in [2.24, 2.45) is 0 Å². The minimum absolute atomic E-state index is 0.116. The maximum atomic E-state index is 11.8. The minimum Gasteiger partial charge on any atom is -0.748 e. The van der Waals surface area contributed by atoms with Gasteiger partial charge >= 0.3 is 0 Å². The van der Waals surface area contributed by atoms with Crippen LogP contribution in [-0.2, 0) is 40.6 Å². The van der Waals surface area contributed by atoms with Gasteiger partial charge in [-0.05, 0) is 101 Å². The van der Waals surface area contributed by atoms with Gasteiger partial charge in [0.2, 0.25) is 5.69 Å². The van der Waals surface area contributed by atoms with Gasteiger partial charge in [-0.15, -0.1) is 0 Å². The molecule has 0 radical (unpaired) electrons. The lowest BCUT2D eigenvalue weighted by atomic mass is 9.81. The summed E-state index contributed by atoms with van der Waals surface area (Å²) >= 11 is 0. The number of ether oxygens (including phenoxy) is 1. The fraction of sp³-hybridized carbons (Fsp3) is 0.488. The highest BCUT2D eigenvalue weighted by atomic mass is 32.2. The van der Waals surface area contributed by atoms with E-state index in [9.17, 15) is 30.7 Å². The first-order valence-corrected chi connectivity index (χ1v) is 22.5. The molecule has 0 bridgehead atoms. The molecular weight excluding hydrogens is 737 g/mol. The van der Waals surface area contributed by atoms with Crippen molar-refractivity contribution in [3.63, 3.8) is 0 Å². The third-order valence-corrected chi connectivity index (χ3v) is 12.5. The Bertz CT molecular complexity index is 2140. The lowest BCUT2D eigenvalue weighted by Gasteiger charge is -2.28. The number of allylic oxidation sites excluding steroid dienone is 7. The number of benzene rings is 2. The first-order valence-electron chi connectivity index (χ1n) is 19.3. The molecule has 2 aromatic rings. The molecule has 2 heterocycles. The zero-order valence-corrected chi connectivity index (χ0v) is 34.4. The van der Waals surface area contributed by atoms with Crippen molar-refractivity contribution >= 4 is 43.1 Å². The summed E-state index contributed by atoms with van der Waals surface area (Å²) < 4.78 is 76.6. The number of hydrogen-bond acceptors (Lipinski definition) is 9. The van der Waals surface area contributed by atoms with Gasteiger partial charge in [0.25, 0.3) is 0 Å². The summed E-state index contributed by atoms with van der Waals surface area (Å²) in [5, 5.41) is 0. The van der Waals surface area contributed by atoms with Crippen molar-refractivity contribution in [3.8, 4) is 0 Å². The monoisotopic (exact) mass is 791 g/mol. The van der Waals surface area contributed by atoms with Crippen molar-refractivity contribution in [2.45, 2.75) is 103 Å². The van der Waals surface area contributed by atoms with Gasteiger partial charge in [0.05, 0.1) is 32.3 Å². The SMILES string of the molecule is CC(=O)CCCOC1=C(/C=C/C2=[N+](CCCCS(=O)(=O)[O-])c3ccccc3C2(C)C)CCC/C1=C\C=C1\N(CCCCS(=O)(=O)[O-])c2ccccc2C1(C)C. The molecule has 5 rings (SSSR count). The summed E-state index contributed by atoms with van der Waals surface area (Å²) in [5.74, 6) is 0.160. The average molecular weight is 792 g/mol. The largest absolute Gasteiger partial charge is 0.748 e. The first kappa shape index (κ1) is 42.3. The molecular formula is C43H55N2O8S2-. The smallest absolute Gasteiger partial charge is 0.209 e. The average Bonchev–Trinajstić information content (AvgIpc) is 3.46. The minimum atomic E-state index is -4.28. The highest BCUT2D eigenvalue weighted by Gasteiger charge is 2.44. The van der Waals surface area contributed by atoms with Gasteiger partial charge in [-0.3, -0.25) is 0 Å². The van der Waals surface area contributed by atoms with Crippen LogP contribution in [0.15, 0.2) is 95.4 Å². The van der Waals surface area contributed by atoms with E-state index in [0.29, 0.717) is 45.4 Å². The van der Waals surface area contributed by atoms with E-state index in [1.165, 1.54) is 11.1 Å². The van der Waals surface area contributed by atoms with Crippen LogP contribution in [0.4, 0.5) is 11.4 Å². The zero-order chi connectivity index (χ0) is 40.0. The lowest BCUT2D eigenvalue weighted by molar-refractivity contribution is -0.438. The molecule has 0 fully saturated rings. The van der Waals surface area contributed by atoms with E-state index in [1.54, 1.807) is 6.92 Å². The number of para-hydroxylation sites is 2. The Labute approximate surface area is 327 Å². The van der Waals surface area contributed by atoms with Crippen molar-refractivity contribution in [1.29, 1.82) is 0 Å². The molecule has 3 aliphatic rings. The molecule has 0 unspecified atom stereocenters. The Balaban J connectivity index is 1.52. The molecule has 0 saturated carbocycles. The molecule has 0 N–H and O–H groups in total. The number of nitrogens with zero attached hydrogens (tertiary/aromatic N) is 2. The van der Waals surface area contributed by atoms with Crippen LogP contribution in [0, 0.1) is 0 Å². The van der Waals surface area contributed by atoms with E-state index in [4.69, 9.17) is 4.74 Å². The number of carbonyl (C=O) groups excluding carboxylic acids is 1. The number of hydrogen-bond donors (Lipinski definition) is 0. The van der Waals surface area contributed by atoms with E-state index in [0.717, 1.165) is 59.0 Å². The fourth-order valence-corrected chi connectivity index (χ4v) is 9.24. The first-order chi connectivity index (χ1) is 25.9. The molecule has 2 aromatic carbocycles. The molecule has 0 saturated heterocycles. The molecule has 1 aliphatic carbocycles. The Morgan fingerprint density at radius 2 is 1.47 bits per heavy atom. The van der Waals surface area contributed by atoms with Crippen LogP contribution in [-0.4, -0.2) is 73.2 Å². The number of fused-ring (bicyclic) bond motifs is 2. The van der Waals surface area contributed by atoms with Gasteiger partial charge in [0, 0.05) is 65.4 Å². The topological polar surface area (TPSA) is 147 Å². The van der Waals surface area contributed by atoms with Gasteiger partial charge in [-0.1, -0.05) is 56.3 Å². The van der Waals surface area contributed by atoms with Crippen LogP contribution in [0.3, 0.4) is 0 Å². The predicted molar refractivity (Wildman–Crippen MR) is 216 cm³/mol. The molecule has 10 nitrogen and oxygen atoms in total. The van der Waals surface area contributed by atoms with Crippen molar-refractivity contribution in [3.05, 3.63) is 107 Å². The van der Waals surface area contributed by atoms with Crippen LogP contribution in [0.5, 0.6) is 0 Å². The summed E-state index contributed by atoms with van der Waals surface area (Å²) in [4.78, 5) is 14.0. The summed E-state index contributed by atoms with van der Waals surface area (Å²) in [6.07, 6.45) is 13.8. The number of unbranched alkanes of at least 4 members (excludes halogenated alkanes) is 2. The van der Waals surface area contributed by atoms with Gasteiger partial charge in [0.1, 0.15) is 18.1 Å². The van der Waals surface area contributed by atoms with E-state index in [-0.39, 0.29) is 41.0 Å². The number of carbonyl (C=O) groups is 1. The van der Waals surface area contributed by atoms with Gasteiger partial charge in [-0.25, -0.2) is 16.8 Å². The second kappa shape index (κ2) is 17.5. The third-order valence-electron chi connectivity index (χ3n) is 10.9. The quantitative estimate of drug-likeness (QED) is 0.0842. The predicted octanol–water partition coefficient (Wildman–Crippen LogP) is 7.70. The summed E-state index contributed by atoms with van der Waals surface area (Å²) in [5.41, 5.74) is 8.10. The Morgan fingerprint density at radius 1 is 0.818 bits per heavy atom. The van der Waals surface area contributed by atoms with Crippen LogP contribution >= 0.6 is 0 Å². The van der Waals surface area contributed by atoms with E-state index in [1.807, 2.05) is 24.3 Å².